The summed E-state index contributed by atoms with van der Waals surface area (Å²) in [5.74, 6) is -1.49. The third-order valence-corrected chi connectivity index (χ3v) is 4.78. The van der Waals surface area contributed by atoms with Gasteiger partial charge in [0.25, 0.3) is 5.91 Å². The zero-order chi connectivity index (χ0) is 19.4. The molecule has 0 bridgehead atoms. The van der Waals surface area contributed by atoms with Gasteiger partial charge in [-0.1, -0.05) is 12.1 Å². The molecule has 3 fully saturated rings. The third kappa shape index (κ3) is 3.43. The minimum atomic E-state index is -0.916. The summed E-state index contributed by atoms with van der Waals surface area (Å²) in [7, 11) is 1.55. The van der Waals surface area contributed by atoms with Gasteiger partial charge in [-0.3, -0.25) is 4.79 Å². The molecule has 0 spiro atoms. The van der Waals surface area contributed by atoms with Gasteiger partial charge in [-0.05, 0) is 39.8 Å². The Labute approximate surface area is 158 Å². The van der Waals surface area contributed by atoms with Crippen molar-refractivity contribution in [2.24, 2.45) is 0 Å². The number of ether oxygens (including phenoxy) is 6. The minimum Gasteiger partial charge on any atom is -0.495 e. The Morgan fingerprint density at radius 1 is 0.963 bits per heavy atom. The second kappa shape index (κ2) is 6.42. The Bertz CT molecular complexity index is 735. The van der Waals surface area contributed by atoms with Crippen LogP contribution in [-0.2, 0) is 28.5 Å². The molecule has 3 heterocycles. The van der Waals surface area contributed by atoms with E-state index in [0.717, 1.165) is 0 Å². The highest BCUT2D eigenvalue weighted by Gasteiger charge is 2.62. The van der Waals surface area contributed by atoms with Crippen molar-refractivity contribution in [2.45, 2.75) is 70.0 Å². The van der Waals surface area contributed by atoms with Crippen LogP contribution in [0.2, 0.25) is 0 Å². The zero-order valence-electron chi connectivity index (χ0n) is 16.1. The summed E-state index contributed by atoms with van der Waals surface area (Å²) in [5.41, 5.74) is 0.550. The number of carbonyl (C=O) groups excluding carboxylic acids is 1. The van der Waals surface area contributed by atoms with Gasteiger partial charge in [0.1, 0.15) is 24.1 Å². The van der Waals surface area contributed by atoms with Crippen molar-refractivity contribution >= 4 is 11.6 Å². The maximum Gasteiger partial charge on any atom is 0.256 e. The number of rotatable bonds is 3. The van der Waals surface area contributed by atoms with Crippen molar-refractivity contribution in [3.8, 4) is 5.75 Å². The minimum absolute atomic E-state index is 0.359. The first-order valence-electron chi connectivity index (χ1n) is 9.00. The Morgan fingerprint density at radius 2 is 1.59 bits per heavy atom. The molecular formula is C19H25NO7. The first kappa shape index (κ1) is 18.6. The van der Waals surface area contributed by atoms with Crippen LogP contribution >= 0.6 is 0 Å². The van der Waals surface area contributed by atoms with E-state index in [0.29, 0.717) is 11.4 Å². The summed E-state index contributed by atoms with van der Waals surface area (Å²) in [6, 6.07) is 7.17. The SMILES string of the molecule is COc1ccccc1NC(=O)[C@@H]1O[C@@H]2OC(C)(C)O[C@@H]2[C@H]2OC(C)(C)O[C@@H]21. The lowest BCUT2D eigenvalue weighted by Gasteiger charge is -2.36. The average molecular weight is 379 g/mol. The highest BCUT2D eigenvalue weighted by molar-refractivity contribution is 5.96. The molecule has 3 saturated heterocycles. The van der Waals surface area contributed by atoms with E-state index < -0.39 is 42.3 Å². The van der Waals surface area contributed by atoms with E-state index in [2.05, 4.69) is 5.32 Å². The van der Waals surface area contributed by atoms with Gasteiger partial charge < -0.3 is 33.7 Å². The zero-order valence-corrected chi connectivity index (χ0v) is 16.1. The molecule has 3 aliphatic rings. The molecule has 8 nitrogen and oxygen atoms in total. The molecule has 4 rings (SSSR count). The molecule has 1 aromatic rings. The van der Waals surface area contributed by atoms with Crippen molar-refractivity contribution in [3.63, 3.8) is 0 Å². The molecule has 8 heteroatoms. The predicted molar refractivity (Wildman–Crippen MR) is 94.1 cm³/mol. The van der Waals surface area contributed by atoms with Crippen LogP contribution in [0.15, 0.2) is 24.3 Å². The van der Waals surface area contributed by atoms with Gasteiger partial charge in [0.05, 0.1) is 12.8 Å². The molecule has 1 N–H and O–H groups in total. The fourth-order valence-corrected chi connectivity index (χ4v) is 3.78. The number of methoxy groups -OCH3 is 1. The first-order chi connectivity index (χ1) is 12.7. The summed E-state index contributed by atoms with van der Waals surface area (Å²) in [4.78, 5) is 13.0. The number of nitrogens with one attached hydrogen (secondary N) is 1. The molecule has 0 radical (unpaired) electrons. The molecule has 1 aromatic carbocycles. The van der Waals surface area contributed by atoms with Crippen LogP contribution in [0.4, 0.5) is 5.69 Å². The standard InChI is InChI=1S/C19H25NO7/c1-18(2)24-12-13(25-18)15-17(27-19(3,4)26-15)23-14(12)16(21)20-10-8-6-7-9-11(10)22-5/h6-9,12-15,17H,1-5H3,(H,20,21)/t12-,13-,14+,15+,17+/m0/s1. The van der Waals surface area contributed by atoms with Gasteiger partial charge >= 0.3 is 0 Å². The number of para-hydroxylation sites is 2. The van der Waals surface area contributed by atoms with Crippen LogP contribution in [0.25, 0.3) is 0 Å². The number of hydrogen-bond donors (Lipinski definition) is 1. The second-order valence-electron chi connectivity index (χ2n) is 7.78. The normalized spacial score (nSPS) is 36.0. The van der Waals surface area contributed by atoms with Crippen molar-refractivity contribution in [2.75, 3.05) is 12.4 Å². The molecule has 0 unspecified atom stereocenters. The molecule has 148 valence electrons. The fraction of sp³-hybridized carbons (Fsp3) is 0.632. The number of fused-ring (bicyclic) bond motifs is 3. The molecule has 3 aliphatic heterocycles. The molecule has 27 heavy (non-hydrogen) atoms. The van der Waals surface area contributed by atoms with Crippen LogP contribution in [0.3, 0.4) is 0 Å². The van der Waals surface area contributed by atoms with E-state index in [1.807, 2.05) is 12.1 Å². The maximum absolute atomic E-state index is 13.0. The Balaban J connectivity index is 1.59. The lowest BCUT2D eigenvalue weighted by Crippen LogP contribution is -2.58. The van der Waals surface area contributed by atoms with Gasteiger partial charge in [-0.2, -0.15) is 0 Å². The van der Waals surface area contributed by atoms with Gasteiger partial charge in [-0.15, -0.1) is 0 Å². The number of amides is 1. The number of anilines is 1. The average Bonchev–Trinajstić information content (AvgIpc) is 3.08. The summed E-state index contributed by atoms with van der Waals surface area (Å²) >= 11 is 0. The topological polar surface area (TPSA) is 84.5 Å². The largest absolute Gasteiger partial charge is 0.495 e. The first-order valence-corrected chi connectivity index (χ1v) is 9.00. The van der Waals surface area contributed by atoms with Crippen LogP contribution < -0.4 is 10.1 Å². The monoisotopic (exact) mass is 379 g/mol. The van der Waals surface area contributed by atoms with Gasteiger partial charge in [0, 0.05) is 0 Å². The smallest absolute Gasteiger partial charge is 0.256 e. The Hall–Kier alpha value is -1.71. The molecule has 5 atom stereocenters. The van der Waals surface area contributed by atoms with E-state index in [1.165, 1.54) is 0 Å². The van der Waals surface area contributed by atoms with Gasteiger partial charge in [-0.25, -0.2) is 0 Å². The van der Waals surface area contributed by atoms with Crippen molar-refractivity contribution in [3.05, 3.63) is 24.3 Å². The van der Waals surface area contributed by atoms with Crippen molar-refractivity contribution in [1.82, 2.24) is 0 Å². The molecule has 1 amide bonds. The predicted octanol–water partition coefficient (Wildman–Crippen LogP) is 2.03. The van der Waals surface area contributed by atoms with E-state index in [9.17, 15) is 4.79 Å². The maximum atomic E-state index is 13.0. The lowest BCUT2D eigenvalue weighted by molar-refractivity contribution is -0.229. The van der Waals surface area contributed by atoms with Gasteiger partial charge in [0.2, 0.25) is 0 Å². The Morgan fingerprint density at radius 3 is 2.33 bits per heavy atom. The van der Waals surface area contributed by atoms with E-state index in [1.54, 1.807) is 46.9 Å². The van der Waals surface area contributed by atoms with E-state index in [-0.39, 0.29) is 5.91 Å². The van der Waals surface area contributed by atoms with Crippen LogP contribution in [0.1, 0.15) is 27.7 Å². The Kier molecular flexibility index (Phi) is 4.44. The highest BCUT2D eigenvalue weighted by atomic mass is 16.9. The summed E-state index contributed by atoms with van der Waals surface area (Å²) in [5, 5.41) is 2.85. The van der Waals surface area contributed by atoms with Crippen LogP contribution in [0, 0.1) is 0 Å². The molecule has 0 aromatic heterocycles. The molecular weight excluding hydrogens is 354 g/mol. The number of benzene rings is 1. The highest BCUT2D eigenvalue weighted by Crippen LogP contribution is 2.44. The quantitative estimate of drug-likeness (QED) is 0.860. The summed E-state index contributed by atoms with van der Waals surface area (Å²) in [6.07, 6.45) is -3.20. The molecule has 0 aliphatic carbocycles. The van der Waals surface area contributed by atoms with Crippen LogP contribution in [-0.4, -0.2) is 55.3 Å². The molecule has 0 saturated carbocycles. The number of carbonyl (C=O) groups is 1. The van der Waals surface area contributed by atoms with Crippen LogP contribution in [0.5, 0.6) is 5.75 Å². The van der Waals surface area contributed by atoms with Crippen molar-refractivity contribution in [1.29, 1.82) is 0 Å². The van der Waals surface area contributed by atoms with E-state index >= 15 is 0 Å². The fourth-order valence-electron chi connectivity index (χ4n) is 3.78. The second-order valence-corrected chi connectivity index (χ2v) is 7.78. The summed E-state index contributed by atoms with van der Waals surface area (Å²) < 4.78 is 35.0. The summed E-state index contributed by atoms with van der Waals surface area (Å²) in [6.45, 7) is 7.20. The third-order valence-electron chi connectivity index (χ3n) is 4.78. The lowest BCUT2D eigenvalue weighted by atomic mass is 9.98. The number of hydrogen-bond acceptors (Lipinski definition) is 7. The van der Waals surface area contributed by atoms with E-state index in [4.69, 9.17) is 28.4 Å². The van der Waals surface area contributed by atoms with Gasteiger partial charge in [0.15, 0.2) is 24.0 Å². The van der Waals surface area contributed by atoms with Crippen molar-refractivity contribution < 1.29 is 33.2 Å².